The molecule has 0 amide bonds. The summed E-state index contributed by atoms with van der Waals surface area (Å²) in [5.74, 6) is -0.526. The van der Waals surface area contributed by atoms with Gasteiger partial charge in [-0.1, -0.05) is 433 Å². The molecular formula is C90H176O17P2. The smallest absolute Gasteiger partial charge is 0.462 e. The van der Waals surface area contributed by atoms with Crippen molar-refractivity contribution in [2.45, 2.75) is 503 Å². The largest absolute Gasteiger partial charge is 0.472 e. The first-order valence-corrected chi connectivity index (χ1v) is 49.5. The SMILES string of the molecule is CCCCCCCCCCCCCCCCCCCCCCCC(=O)O[C@H](COC(=O)CCCCCCCCCCCCCCCCCCCCC)COP(=O)(O)OC[C@@H](O)COP(=O)(O)OC[C@@H](COC(=O)CCCCCCCCCCC(C)C)OC(=O)CCCCCCCCCCCCCCCCC(C)CC. The van der Waals surface area contributed by atoms with Gasteiger partial charge < -0.3 is 33.8 Å². The van der Waals surface area contributed by atoms with E-state index < -0.39 is 97.5 Å². The van der Waals surface area contributed by atoms with Crippen molar-refractivity contribution in [3.05, 3.63) is 0 Å². The molecule has 17 nitrogen and oxygen atoms in total. The predicted octanol–water partition coefficient (Wildman–Crippen LogP) is 27.8. The van der Waals surface area contributed by atoms with Crippen LogP contribution in [0.1, 0.15) is 485 Å². The third kappa shape index (κ3) is 82.4. The molecule has 3 N–H and O–H groups in total. The highest BCUT2D eigenvalue weighted by atomic mass is 31.2. The van der Waals surface area contributed by atoms with Crippen LogP contribution in [0.15, 0.2) is 0 Å². The Kier molecular flexibility index (Phi) is 79.8. The van der Waals surface area contributed by atoms with Gasteiger partial charge in [-0.15, -0.1) is 0 Å². The van der Waals surface area contributed by atoms with Gasteiger partial charge in [0.2, 0.25) is 0 Å². The summed E-state index contributed by atoms with van der Waals surface area (Å²) in [7, 11) is -9.93. The molecule has 0 bridgehead atoms. The number of esters is 4. The number of aliphatic hydroxyl groups excluding tert-OH is 1. The standard InChI is InChI=1S/C90H176O17P2/c1-7-10-12-14-16-18-20-22-24-26-28-29-31-33-35-40-44-48-56-62-68-74-89(94)106-85(78-100-87(92)72-66-60-54-47-43-39-34-32-30-27-25-23-21-19-17-15-13-11-8-2)80-104-108(96,97)102-76-84(91)77-103-109(98,99)105-81-86(79-101-88(93)73-67-61-55-51-50-52-58-64-70-82(4)5)107-90(95)75-69-63-57-49-45-41-37-36-38-42-46-53-59-65-71-83(6)9-3/h82-86,91H,7-81H2,1-6H3,(H,96,97)(H,98,99)/t83?,84-,85-,86-/m1/s1. The van der Waals surface area contributed by atoms with Crippen LogP contribution in [0, 0.1) is 11.8 Å². The summed E-state index contributed by atoms with van der Waals surface area (Å²) in [6.07, 6.45) is 75.1. The topological polar surface area (TPSA) is 237 Å². The Morgan fingerprint density at radius 3 is 0.697 bits per heavy atom. The maximum atomic E-state index is 13.2. The molecule has 0 aliphatic rings. The normalized spacial score (nSPS) is 14.0. The Morgan fingerprint density at radius 1 is 0.266 bits per heavy atom. The van der Waals surface area contributed by atoms with E-state index >= 15 is 0 Å². The minimum atomic E-state index is -4.97. The third-order valence-corrected chi connectivity index (χ3v) is 23.5. The van der Waals surface area contributed by atoms with Gasteiger partial charge in [0.25, 0.3) is 0 Å². The highest BCUT2D eigenvalue weighted by molar-refractivity contribution is 7.47. The second kappa shape index (κ2) is 81.2. The van der Waals surface area contributed by atoms with Crippen LogP contribution >= 0.6 is 15.6 Å². The van der Waals surface area contributed by atoms with Crippen molar-refractivity contribution >= 4 is 39.5 Å². The number of hydrogen-bond donors (Lipinski definition) is 3. The van der Waals surface area contributed by atoms with E-state index in [-0.39, 0.29) is 25.7 Å². The lowest BCUT2D eigenvalue weighted by molar-refractivity contribution is -0.161. The number of aliphatic hydroxyl groups is 1. The van der Waals surface area contributed by atoms with E-state index in [9.17, 15) is 43.2 Å². The molecule has 109 heavy (non-hydrogen) atoms. The van der Waals surface area contributed by atoms with Crippen LogP contribution < -0.4 is 0 Å². The molecule has 0 heterocycles. The number of carbonyl (C=O) groups is 4. The van der Waals surface area contributed by atoms with E-state index in [0.717, 1.165) is 102 Å². The van der Waals surface area contributed by atoms with Crippen molar-refractivity contribution < 1.29 is 80.2 Å². The monoisotopic (exact) mass is 1590 g/mol. The van der Waals surface area contributed by atoms with Crippen LogP contribution in [0.5, 0.6) is 0 Å². The van der Waals surface area contributed by atoms with Crippen LogP contribution in [-0.4, -0.2) is 96.7 Å². The van der Waals surface area contributed by atoms with E-state index in [4.69, 9.17) is 37.0 Å². The first-order chi connectivity index (χ1) is 52.9. The summed E-state index contributed by atoms with van der Waals surface area (Å²) in [5, 5.41) is 10.7. The predicted molar refractivity (Wildman–Crippen MR) is 451 cm³/mol. The molecular weight excluding hydrogens is 1410 g/mol. The number of ether oxygens (including phenoxy) is 4. The second-order valence-electron chi connectivity index (χ2n) is 33.1. The number of phosphoric ester groups is 2. The van der Waals surface area contributed by atoms with Crippen molar-refractivity contribution in [2.24, 2.45) is 11.8 Å². The Morgan fingerprint density at radius 2 is 0.468 bits per heavy atom. The van der Waals surface area contributed by atoms with Gasteiger partial charge in [0, 0.05) is 25.7 Å². The molecule has 6 atom stereocenters. The van der Waals surface area contributed by atoms with Gasteiger partial charge in [-0.3, -0.25) is 37.3 Å². The van der Waals surface area contributed by atoms with E-state index in [0.29, 0.717) is 25.7 Å². The minimum absolute atomic E-state index is 0.107. The fourth-order valence-corrected chi connectivity index (χ4v) is 15.7. The van der Waals surface area contributed by atoms with Gasteiger partial charge in [-0.25, -0.2) is 9.13 Å². The Bertz CT molecular complexity index is 2080. The molecule has 0 saturated heterocycles. The van der Waals surface area contributed by atoms with Crippen LogP contribution in [0.25, 0.3) is 0 Å². The summed E-state index contributed by atoms with van der Waals surface area (Å²) >= 11 is 0. The molecule has 0 aromatic heterocycles. The number of unbranched alkanes of at least 4 members (excludes halogenated alkanes) is 58. The lowest BCUT2D eigenvalue weighted by Gasteiger charge is -2.21. The highest BCUT2D eigenvalue weighted by Crippen LogP contribution is 2.45. The van der Waals surface area contributed by atoms with Crippen molar-refractivity contribution in [3.8, 4) is 0 Å². The summed E-state index contributed by atoms with van der Waals surface area (Å²) < 4.78 is 69.0. The summed E-state index contributed by atoms with van der Waals surface area (Å²) in [6.45, 7) is 9.71. The molecule has 0 radical (unpaired) electrons. The molecule has 0 aliphatic carbocycles. The average Bonchev–Trinajstić information content (AvgIpc) is 0.892. The van der Waals surface area contributed by atoms with Crippen molar-refractivity contribution in [1.82, 2.24) is 0 Å². The van der Waals surface area contributed by atoms with Crippen LogP contribution in [0.3, 0.4) is 0 Å². The zero-order valence-electron chi connectivity index (χ0n) is 71.9. The molecule has 0 aromatic carbocycles. The fourth-order valence-electron chi connectivity index (χ4n) is 14.1. The first-order valence-electron chi connectivity index (χ1n) is 46.5. The number of rotatable bonds is 89. The minimum Gasteiger partial charge on any atom is -0.462 e. The van der Waals surface area contributed by atoms with Gasteiger partial charge in [-0.2, -0.15) is 0 Å². The quantitative estimate of drug-likeness (QED) is 0.0222. The number of phosphoric acid groups is 2. The van der Waals surface area contributed by atoms with E-state index in [1.165, 1.54) is 302 Å². The molecule has 0 spiro atoms. The van der Waals surface area contributed by atoms with Crippen LogP contribution in [0.4, 0.5) is 0 Å². The van der Waals surface area contributed by atoms with Crippen LogP contribution in [-0.2, 0) is 65.4 Å². The maximum absolute atomic E-state index is 13.2. The van der Waals surface area contributed by atoms with Crippen molar-refractivity contribution in [2.75, 3.05) is 39.6 Å². The van der Waals surface area contributed by atoms with Gasteiger partial charge in [0.1, 0.15) is 19.3 Å². The summed E-state index contributed by atoms with van der Waals surface area (Å²) in [5.41, 5.74) is 0. The molecule has 0 saturated carbocycles. The van der Waals surface area contributed by atoms with E-state index in [1.807, 2.05) is 0 Å². The molecule has 0 aromatic rings. The summed E-state index contributed by atoms with van der Waals surface area (Å²) in [6, 6.07) is 0. The Labute approximate surface area is 670 Å². The molecule has 0 fully saturated rings. The van der Waals surface area contributed by atoms with Gasteiger partial charge in [0.05, 0.1) is 26.4 Å². The third-order valence-electron chi connectivity index (χ3n) is 21.6. The Hall–Kier alpha value is -1.94. The molecule has 19 heteroatoms. The fraction of sp³-hybridized carbons (Fsp3) is 0.956. The molecule has 648 valence electrons. The van der Waals surface area contributed by atoms with E-state index in [1.54, 1.807) is 0 Å². The van der Waals surface area contributed by atoms with Crippen LogP contribution in [0.2, 0.25) is 0 Å². The van der Waals surface area contributed by atoms with Gasteiger partial charge in [-0.05, 0) is 37.5 Å². The highest BCUT2D eigenvalue weighted by Gasteiger charge is 2.31. The second-order valence-corrected chi connectivity index (χ2v) is 36.0. The number of carbonyl (C=O) groups excluding carboxylic acids is 4. The lowest BCUT2D eigenvalue weighted by atomic mass is 9.99. The average molecular weight is 1590 g/mol. The van der Waals surface area contributed by atoms with Crippen molar-refractivity contribution in [1.29, 1.82) is 0 Å². The van der Waals surface area contributed by atoms with E-state index in [2.05, 4.69) is 41.5 Å². The first kappa shape index (κ1) is 107. The van der Waals surface area contributed by atoms with Gasteiger partial charge >= 0.3 is 39.5 Å². The zero-order chi connectivity index (χ0) is 79.9. The summed E-state index contributed by atoms with van der Waals surface area (Å²) in [4.78, 5) is 73.4. The Balaban J connectivity index is 5.24. The zero-order valence-corrected chi connectivity index (χ0v) is 73.7. The number of hydrogen-bond acceptors (Lipinski definition) is 15. The maximum Gasteiger partial charge on any atom is 0.472 e. The molecule has 0 aliphatic heterocycles. The van der Waals surface area contributed by atoms with Crippen molar-refractivity contribution in [3.63, 3.8) is 0 Å². The molecule has 3 unspecified atom stereocenters. The molecule has 0 rings (SSSR count). The van der Waals surface area contributed by atoms with Gasteiger partial charge in [0.15, 0.2) is 12.2 Å². The lowest BCUT2D eigenvalue weighted by Crippen LogP contribution is -2.30.